The molecular formula is C19H25ClO3. The van der Waals surface area contributed by atoms with Crippen LogP contribution in [0.5, 0.6) is 0 Å². The molecule has 1 unspecified atom stereocenters. The van der Waals surface area contributed by atoms with Gasteiger partial charge in [-0.3, -0.25) is 4.79 Å². The van der Waals surface area contributed by atoms with E-state index in [0.717, 1.165) is 44.1 Å². The zero-order valence-electron chi connectivity index (χ0n) is 13.6. The largest absolute Gasteiger partial charge is 0.504 e. The molecule has 0 aromatic carbocycles. The minimum Gasteiger partial charge on any atom is -0.504 e. The van der Waals surface area contributed by atoms with Gasteiger partial charge in [0.1, 0.15) is 0 Å². The lowest BCUT2D eigenvalue weighted by Gasteiger charge is -2.57. The van der Waals surface area contributed by atoms with Crippen LogP contribution in [-0.4, -0.2) is 22.1 Å². The summed E-state index contributed by atoms with van der Waals surface area (Å²) in [5.41, 5.74) is 0.900. The van der Waals surface area contributed by atoms with Crippen LogP contribution in [0.25, 0.3) is 0 Å². The molecule has 23 heavy (non-hydrogen) atoms. The minimum atomic E-state index is -0.540. The number of aliphatic hydroxyl groups is 2. The summed E-state index contributed by atoms with van der Waals surface area (Å²) >= 11 is 6.23. The monoisotopic (exact) mass is 336 g/mol. The number of hydrogen-bond donors (Lipinski definition) is 2. The number of Topliss-reactive ketones (excluding diaryl/α,β-unsaturated/α-hetero) is 1. The molecule has 4 heteroatoms. The molecule has 0 aliphatic heterocycles. The van der Waals surface area contributed by atoms with Gasteiger partial charge in [-0.15, -0.1) is 0 Å². The standard InChI is InChI=1S/C19H25ClO3/c1-19-9-8-11-10-4-7-16(21)17(22)13(10)3-2-12(11)14(19)5-6-15(20)18(19)23/h6,10-12,14,18,22-23H,2-5,7-9H2,1H3/t10-,11-,12-,14+,18?,19+/m1/s1. The lowest BCUT2D eigenvalue weighted by Crippen LogP contribution is -2.53. The third-order valence-electron chi connectivity index (χ3n) is 7.34. The minimum absolute atomic E-state index is 0.0691. The van der Waals surface area contributed by atoms with Crippen molar-refractivity contribution >= 4 is 17.4 Å². The number of allylic oxidation sites excluding steroid dienone is 3. The van der Waals surface area contributed by atoms with Crippen LogP contribution >= 0.6 is 11.6 Å². The highest BCUT2D eigenvalue weighted by Crippen LogP contribution is 2.60. The van der Waals surface area contributed by atoms with E-state index in [1.807, 2.05) is 6.08 Å². The first kappa shape index (κ1) is 15.7. The first-order valence-corrected chi connectivity index (χ1v) is 9.30. The van der Waals surface area contributed by atoms with Crippen LogP contribution in [0.15, 0.2) is 22.4 Å². The number of ketones is 1. The van der Waals surface area contributed by atoms with Crippen LogP contribution in [0.2, 0.25) is 0 Å². The average Bonchev–Trinajstić information content (AvgIpc) is 2.54. The van der Waals surface area contributed by atoms with Crippen LogP contribution in [-0.2, 0) is 4.79 Å². The normalized spacial score (nSPS) is 46.7. The molecule has 0 radical (unpaired) electrons. The molecule has 0 aromatic heterocycles. The Balaban J connectivity index is 1.67. The molecule has 0 bridgehead atoms. The Labute approximate surface area is 142 Å². The van der Waals surface area contributed by atoms with Gasteiger partial charge in [0.2, 0.25) is 0 Å². The fourth-order valence-corrected chi connectivity index (χ4v) is 6.40. The van der Waals surface area contributed by atoms with Crippen LogP contribution in [0, 0.1) is 29.1 Å². The summed E-state index contributed by atoms with van der Waals surface area (Å²) in [6.07, 6.45) is 7.69. The third kappa shape index (κ3) is 2.16. The second-order valence-electron chi connectivity index (χ2n) is 8.19. The highest BCUT2D eigenvalue weighted by Gasteiger charge is 2.55. The quantitative estimate of drug-likeness (QED) is 0.700. The molecule has 0 amide bonds. The molecule has 3 nitrogen and oxygen atoms in total. The van der Waals surface area contributed by atoms with Gasteiger partial charge < -0.3 is 10.2 Å². The highest BCUT2D eigenvalue weighted by atomic mass is 35.5. The van der Waals surface area contributed by atoms with E-state index in [0.29, 0.717) is 35.1 Å². The lowest BCUT2D eigenvalue weighted by molar-refractivity contribution is -0.120. The zero-order chi connectivity index (χ0) is 16.4. The maximum atomic E-state index is 11.8. The van der Waals surface area contributed by atoms with Crippen molar-refractivity contribution in [2.45, 2.75) is 58.0 Å². The van der Waals surface area contributed by atoms with Gasteiger partial charge in [-0.05, 0) is 67.8 Å². The van der Waals surface area contributed by atoms with Crippen molar-refractivity contribution in [3.63, 3.8) is 0 Å². The first-order chi connectivity index (χ1) is 10.9. The third-order valence-corrected chi connectivity index (χ3v) is 7.71. The van der Waals surface area contributed by atoms with Gasteiger partial charge >= 0.3 is 0 Å². The molecule has 4 rings (SSSR count). The summed E-state index contributed by atoms with van der Waals surface area (Å²) in [5, 5.41) is 21.4. The number of aliphatic hydroxyl groups excluding tert-OH is 2. The SMILES string of the molecule is C[C@]12CC[C@H]3[C@@H](CCC4=C(O)C(=O)CC[C@@H]43)[C@@H]1CC=C(Cl)C2O. The van der Waals surface area contributed by atoms with Gasteiger partial charge in [-0.25, -0.2) is 0 Å². The molecule has 0 saturated heterocycles. The van der Waals surface area contributed by atoms with Crippen molar-refractivity contribution in [3.05, 3.63) is 22.4 Å². The summed E-state index contributed by atoms with van der Waals surface area (Å²) in [6.45, 7) is 2.20. The van der Waals surface area contributed by atoms with Crippen molar-refractivity contribution < 1.29 is 15.0 Å². The summed E-state index contributed by atoms with van der Waals surface area (Å²) in [4.78, 5) is 11.8. The van der Waals surface area contributed by atoms with E-state index in [9.17, 15) is 15.0 Å². The maximum Gasteiger partial charge on any atom is 0.197 e. The van der Waals surface area contributed by atoms with E-state index in [1.165, 1.54) is 0 Å². The predicted octanol–water partition coefficient (Wildman–Crippen LogP) is 4.11. The maximum absolute atomic E-state index is 11.8. The molecule has 2 saturated carbocycles. The number of halogens is 1. The molecule has 0 heterocycles. The van der Waals surface area contributed by atoms with Gasteiger partial charge in [0, 0.05) is 16.9 Å². The molecule has 0 aromatic rings. The van der Waals surface area contributed by atoms with Gasteiger partial charge in [0.05, 0.1) is 6.10 Å². The lowest BCUT2D eigenvalue weighted by atomic mass is 9.48. The van der Waals surface area contributed by atoms with E-state index >= 15 is 0 Å². The Bertz CT molecular complexity index is 608. The number of hydrogen-bond acceptors (Lipinski definition) is 3. The van der Waals surface area contributed by atoms with Gasteiger partial charge in [0.25, 0.3) is 0 Å². The number of carbonyl (C=O) groups is 1. The van der Waals surface area contributed by atoms with Crippen molar-refractivity contribution in [3.8, 4) is 0 Å². The van der Waals surface area contributed by atoms with E-state index in [-0.39, 0.29) is 17.0 Å². The van der Waals surface area contributed by atoms with Crippen LogP contribution in [0.3, 0.4) is 0 Å². The van der Waals surface area contributed by atoms with E-state index < -0.39 is 6.10 Å². The van der Waals surface area contributed by atoms with Crippen LogP contribution in [0.1, 0.15) is 51.9 Å². The van der Waals surface area contributed by atoms with E-state index in [1.54, 1.807) is 0 Å². The van der Waals surface area contributed by atoms with Crippen LogP contribution in [0.4, 0.5) is 0 Å². The Morgan fingerprint density at radius 3 is 2.78 bits per heavy atom. The van der Waals surface area contributed by atoms with Crippen LogP contribution < -0.4 is 0 Å². The number of carbonyl (C=O) groups excluding carboxylic acids is 1. The zero-order valence-corrected chi connectivity index (χ0v) is 14.4. The molecule has 6 atom stereocenters. The summed E-state index contributed by atoms with van der Waals surface area (Å²) in [7, 11) is 0. The molecular weight excluding hydrogens is 312 g/mol. The molecule has 2 fully saturated rings. The Hall–Kier alpha value is -0.800. The topological polar surface area (TPSA) is 57.5 Å². The van der Waals surface area contributed by atoms with Gasteiger partial charge in [-0.1, -0.05) is 24.6 Å². The fraction of sp³-hybridized carbons (Fsp3) is 0.737. The second kappa shape index (κ2) is 5.35. The Kier molecular flexibility index (Phi) is 3.66. The Morgan fingerprint density at radius 2 is 2.00 bits per heavy atom. The average molecular weight is 337 g/mol. The molecule has 0 spiro atoms. The van der Waals surface area contributed by atoms with Crippen molar-refractivity contribution in [2.24, 2.45) is 29.1 Å². The van der Waals surface area contributed by atoms with Crippen molar-refractivity contribution in [2.75, 3.05) is 0 Å². The summed E-state index contributed by atoms with van der Waals surface area (Å²) < 4.78 is 0. The molecule has 4 aliphatic rings. The van der Waals surface area contributed by atoms with Gasteiger partial charge in [0.15, 0.2) is 11.5 Å². The first-order valence-electron chi connectivity index (χ1n) is 8.92. The molecule has 4 aliphatic carbocycles. The number of fused-ring (bicyclic) bond motifs is 5. The van der Waals surface area contributed by atoms with Gasteiger partial charge in [-0.2, -0.15) is 0 Å². The second-order valence-corrected chi connectivity index (χ2v) is 8.62. The summed E-state index contributed by atoms with van der Waals surface area (Å²) in [6, 6.07) is 0. The van der Waals surface area contributed by atoms with Crippen molar-refractivity contribution in [1.82, 2.24) is 0 Å². The van der Waals surface area contributed by atoms with Crippen molar-refractivity contribution in [1.29, 1.82) is 0 Å². The molecule has 2 N–H and O–H groups in total. The fourth-order valence-electron chi connectivity index (χ4n) is 6.06. The number of rotatable bonds is 0. The summed E-state index contributed by atoms with van der Waals surface area (Å²) in [5.74, 6) is 1.94. The predicted molar refractivity (Wildman–Crippen MR) is 89.0 cm³/mol. The molecule has 126 valence electrons. The van der Waals surface area contributed by atoms with E-state index in [2.05, 4.69) is 6.92 Å². The van der Waals surface area contributed by atoms with E-state index in [4.69, 9.17) is 11.6 Å². The smallest absolute Gasteiger partial charge is 0.197 e. The Morgan fingerprint density at radius 1 is 1.22 bits per heavy atom. The highest BCUT2D eigenvalue weighted by molar-refractivity contribution is 6.30.